The number of carbonyl (C=O) groups excluding carboxylic acids is 1. The van der Waals surface area contributed by atoms with Crippen molar-refractivity contribution in [3.05, 3.63) is 24.3 Å². The molecule has 4 heteroatoms. The standard InChI is InChI=1S/C10H13NO3/c1-7(2)13-10(12)14-9-5-3-8(11)4-6-9/h3-7H,11H2,1-2H3. The molecule has 0 unspecified atom stereocenters. The fourth-order valence-electron chi connectivity index (χ4n) is 0.849. The van der Waals surface area contributed by atoms with Gasteiger partial charge in [-0.25, -0.2) is 4.79 Å². The van der Waals surface area contributed by atoms with Gasteiger partial charge in [0.2, 0.25) is 0 Å². The van der Waals surface area contributed by atoms with Crippen molar-refractivity contribution in [1.82, 2.24) is 0 Å². The summed E-state index contributed by atoms with van der Waals surface area (Å²) in [6.45, 7) is 3.51. The highest BCUT2D eigenvalue weighted by molar-refractivity contribution is 5.64. The summed E-state index contributed by atoms with van der Waals surface area (Å²) in [6.07, 6.45) is -0.888. The maximum Gasteiger partial charge on any atom is 0.514 e. The van der Waals surface area contributed by atoms with Crippen LogP contribution in [0.4, 0.5) is 10.5 Å². The summed E-state index contributed by atoms with van der Waals surface area (Å²) in [5.74, 6) is 0.421. The van der Waals surface area contributed by atoms with E-state index < -0.39 is 6.16 Å². The molecule has 0 amide bonds. The third-order valence-electron chi connectivity index (χ3n) is 1.41. The van der Waals surface area contributed by atoms with Gasteiger partial charge in [0.1, 0.15) is 5.75 Å². The zero-order valence-electron chi connectivity index (χ0n) is 8.19. The Morgan fingerprint density at radius 3 is 2.36 bits per heavy atom. The molecule has 0 saturated carbocycles. The first-order valence-corrected chi connectivity index (χ1v) is 4.32. The molecule has 4 nitrogen and oxygen atoms in total. The van der Waals surface area contributed by atoms with Crippen LogP contribution in [0.2, 0.25) is 0 Å². The smallest absolute Gasteiger partial charge is 0.431 e. The number of rotatable bonds is 2. The van der Waals surface area contributed by atoms with Gasteiger partial charge in [-0.05, 0) is 38.1 Å². The number of anilines is 1. The van der Waals surface area contributed by atoms with Crippen molar-refractivity contribution in [2.45, 2.75) is 20.0 Å². The first-order chi connectivity index (χ1) is 6.58. The van der Waals surface area contributed by atoms with Crippen LogP contribution in [0.25, 0.3) is 0 Å². The van der Waals surface area contributed by atoms with E-state index in [2.05, 4.69) is 0 Å². The van der Waals surface area contributed by atoms with Gasteiger partial charge in [-0.3, -0.25) is 0 Å². The van der Waals surface area contributed by atoms with E-state index in [1.165, 1.54) is 0 Å². The molecule has 2 N–H and O–H groups in total. The lowest BCUT2D eigenvalue weighted by Crippen LogP contribution is -2.15. The maximum atomic E-state index is 11.0. The van der Waals surface area contributed by atoms with Crippen LogP contribution in [0, 0.1) is 0 Å². The van der Waals surface area contributed by atoms with E-state index in [-0.39, 0.29) is 6.10 Å². The van der Waals surface area contributed by atoms with Crippen LogP contribution in [0.3, 0.4) is 0 Å². The van der Waals surface area contributed by atoms with E-state index in [1.807, 2.05) is 0 Å². The largest absolute Gasteiger partial charge is 0.514 e. The van der Waals surface area contributed by atoms with E-state index in [1.54, 1.807) is 38.1 Å². The SMILES string of the molecule is CC(C)OC(=O)Oc1ccc(N)cc1. The monoisotopic (exact) mass is 195 g/mol. The van der Waals surface area contributed by atoms with E-state index in [9.17, 15) is 4.79 Å². The zero-order valence-corrected chi connectivity index (χ0v) is 8.19. The lowest BCUT2D eigenvalue weighted by molar-refractivity contribution is 0.0729. The van der Waals surface area contributed by atoms with Gasteiger partial charge >= 0.3 is 6.16 Å². The summed E-state index contributed by atoms with van der Waals surface area (Å²) in [5, 5.41) is 0. The molecular weight excluding hydrogens is 182 g/mol. The molecule has 0 bridgehead atoms. The van der Waals surface area contributed by atoms with Crippen LogP contribution in [0.5, 0.6) is 5.75 Å². The Morgan fingerprint density at radius 2 is 1.86 bits per heavy atom. The molecule has 76 valence electrons. The number of nitrogen functional groups attached to an aromatic ring is 1. The summed E-state index contributed by atoms with van der Waals surface area (Å²) in [4.78, 5) is 11.0. The number of hydrogen-bond donors (Lipinski definition) is 1. The second-order valence-corrected chi connectivity index (χ2v) is 3.09. The molecule has 1 aromatic carbocycles. The molecular formula is C10H13NO3. The molecule has 0 aliphatic rings. The minimum atomic E-state index is -0.704. The molecule has 14 heavy (non-hydrogen) atoms. The van der Waals surface area contributed by atoms with Gasteiger partial charge in [-0.2, -0.15) is 0 Å². The summed E-state index contributed by atoms with van der Waals surface area (Å²) in [6, 6.07) is 6.52. The molecule has 0 spiro atoms. The summed E-state index contributed by atoms with van der Waals surface area (Å²) < 4.78 is 9.66. The van der Waals surface area contributed by atoms with Crippen molar-refractivity contribution >= 4 is 11.8 Å². The van der Waals surface area contributed by atoms with Crippen LogP contribution in [-0.2, 0) is 4.74 Å². The van der Waals surface area contributed by atoms with E-state index in [4.69, 9.17) is 15.2 Å². The molecule has 0 heterocycles. The predicted molar refractivity (Wildman–Crippen MR) is 53.1 cm³/mol. The van der Waals surface area contributed by atoms with Crippen LogP contribution >= 0.6 is 0 Å². The lowest BCUT2D eigenvalue weighted by Gasteiger charge is -2.07. The molecule has 0 atom stereocenters. The highest BCUT2D eigenvalue weighted by Crippen LogP contribution is 2.13. The number of carbonyl (C=O) groups is 1. The van der Waals surface area contributed by atoms with Crippen molar-refractivity contribution in [2.24, 2.45) is 0 Å². The minimum absolute atomic E-state index is 0.184. The zero-order chi connectivity index (χ0) is 10.6. The van der Waals surface area contributed by atoms with Crippen molar-refractivity contribution < 1.29 is 14.3 Å². The van der Waals surface area contributed by atoms with Crippen molar-refractivity contribution in [1.29, 1.82) is 0 Å². The highest BCUT2D eigenvalue weighted by atomic mass is 16.7. The molecule has 0 aliphatic heterocycles. The number of nitrogens with two attached hydrogens (primary N) is 1. The second-order valence-electron chi connectivity index (χ2n) is 3.09. The molecule has 0 radical (unpaired) electrons. The fraction of sp³-hybridized carbons (Fsp3) is 0.300. The topological polar surface area (TPSA) is 61.5 Å². The maximum absolute atomic E-state index is 11.0. The van der Waals surface area contributed by atoms with Gasteiger partial charge in [0.05, 0.1) is 6.10 Å². The summed E-state index contributed by atoms with van der Waals surface area (Å²) in [7, 11) is 0. The summed E-state index contributed by atoms with van der Waals surface area (Å²) >= 11 is 0. The van der Waals surface area contributed by atoms with Crippen LogP contribution < -0.4 is 10.5 Å². The molecule has 1 rings (SSSR count). The van der Waals surface area contributed by atoms with Crippen LogP contribution in [0.1, 0.15) is 13.8 Å². The van der Waals surface area contributed by atoms with Gasteiger partial charge in [0.15, 0.2) is 0 Å². The third-order valence-corrected chi connectivity index (χ3v) is 1.41. The first-order valence-electron chi connectivity index (χ1n) is 4.32. The quantitative estimate of drug-likeness (QED) is 0.446. The van der Waals surface area contributed by atoms with E-state index >= 15 is 0 Å². The first kappa shape index (κ1) is 10.4. The Labute approximate surface area is 82.6 Å². The van der Waals surface area contributed by atoms with E-state index in [0.29, 0.717) is 11.4 Å². The Kier molecular flexibility index (Phi) is 3.34. The minimum Gasteiger partial charge on any atom is -0.431 e. The summed E-state index contributed by atoms with van der Waals surface area (Å²) in [5.41, 5.74) is 6.09. The Hall–Kier alpha value is -1.71. The second kappa shape index (κ2) is 4.50. The Morgan fingerprint density at radius 1 is 1.29 bits per heavy atom. The van der Waals surface area contributed by atoms with Crippen molar-refractivity contribution in [3.8, 4) is 5.75 Å². The average Bonchev–Trinajstić information content (AvgIpc) is 2.07. The Bertz CT molecular complexity index is 306. The van der Waals surface area contributed by atoms with Gasteiger partial charge < -0.3 is 15.2 Å². The third kappa shape index (κ3) is 3.35. The van der Waals surface area contributed by atoms with Gasteiger partial charge in [0, 0.05) is 5.69 Å². The lowest BCUT2D eigenvalue weighted by atomic mass is 10.3. The fourth-order valence-corrected chi connectivity index (χ4v) is 0.849. The highest BCUT2D eigenvalue weighted by Gasteiger charge is 2.07. The number of ether oxygens (including phenoxy) is 2. The van der Waals surface area contributed by atoms with Crippen LogP contribution in [-0.4, -0.2) is 12.3 Å². The number of benzene rings is 1. The molecule has 0 fully saturated rings. The normalized spacial score (nSPS) is 9.93. The van der Waals surface area contributed by atoms with Gasteiger partial charge in [-0.1, -0.05) is 0 Å². The predicted octanol–water partition coefficient (Wildman–Crippen LogP) is 2.19. The van der Waals surface area contributed by atoms with Crippen molar-refractivity contribution in [2.75, 3.05) is 5.73 Å². The molecule has 0 saturated heterocycles. The van der Waals surface area contributed by atoms with Crippen molar-refractivity contribution in [3.63, 3.8) is 0 Å². The Balaban J connectivity index is 2.52. The molecule has 1 aromatic rings. The average molecular weight is 195 g/mol. The number of hydrogen-bond acceptors (Lipinski definition) is 4. The van der Waals surface area contributed by atoms with Gasteiger partial charge in [-0.15, -0.1) is 0 Å². The van der Waals surface area contributed by atoms with Gasteiger partial charge in [0.25, 0.3) is 0 Å². The van der Waals surface area contributed by atoms with Crippen LogP contribution in [0.15, 0.2) is 24.3 Å². The molecule has 0 aromatic heterocycles. The molecule has 0 aliphatic carbocycles. The van der Waals surface area contributed by atoms with E-state index in [0.717, 1.165) is 0 Å².